The van der Waals surface area contributed by atoms with Gasteiger partial charge < -0.3 is 24.2 Å². The van der Waals surface area contributed by atoms with E-state index in [-0.39, 0.29) is 47.6 Å². The number of phenolic OH excluding ortho intramolecular Hbond substituents is 1. The van der Waals surface area contributed by atoms with Crippen LogP contribution >= 0.6 is 0 Å². The van der Waals surface area contributed by atoms with Crippen molar-refractivity contribution in [1.82, 2.24) is 24.8 Å². The van der Waals surface area contributed by atoms with Gasteiger partial charge in [-0.3, -0.25) is 19.6 Å². The summed E-state index contributed by atoms with van der Waals surface area (Å²) < 4.78 is 47.7. The van der Waals surface area contributed by atoms with Crippen molar-refractivity contribution >= 4 is 28.8 Å². The smallest absolute Gasteiger partial charge is 0.413 e. The lowest BCUT2D eigenvalue weighted by Crippen LogP contribution is -2.56. The Morgan fingerprint density at radius 2 is 1.90 bits per heavy atom. The molecular weight excluding hydrogens is 638 g/mol. The number of alkyl halides is 1. The van der Waals surface area contributed by atoms with E-state index in [2.05, 4.69) is 21.8 Å². The molecule has 14 heteroatoms. The van der Waals surface area contributed by atoms with Crippen molar-refractivity contribution in [2.75, 3.05) is 44.5 Å². The minimum atomic E-state index is -0.929. The predicted octanol–water partition coefficient (Wildman–Crippen LogP) is 4.85. The molecule has 0 saturated carbocycles. The van der Waals surface area contributed by atoms with Crippen molar-refractivity contribution in [3.05, 3.63) is 35.3 Å². The number of aromatic nitrogens is 3. The minimum absolute atomic E-state index is 0.00726. The Morgan fingerprint density at radius 3 is 2.67 bits per heavy atom. The number of piperazine rings is 1. The van der Waals surface area contributed by atoms with E-state index in [4.69, 9.17) is 19.2 Å². The van der Waals surface area contributed by atoms with Crippen LogP contribution < -0.4 is 9.64 Å². The molecule has 12 nitrogen and oxygen atoms in total. The van der Waals surface area contributed by atoms with Gasteiger partial charge in [0.15, 0.2) is 5.82 Å². The van der Waals surface area contributed by atoms with E-state index in [1.807, 2.05) is 4.90 Å². The summed E-state index contributed by atoms with van der Waals surface area (Å²) in [6, 6.07) is 2.88. The van der Waals surface area contributed by atoms with Gasteiger partial charge in [0.05, 0.1) is 23.0 Å². The Balaban J connectivity index is 1.16. The first-order valence-corrected chi connectivity index (χ1v) is 17.2. The Morgan fingerprint density at radius 1 is 1.10 bits per heavy atom. The maximum absolute atomic E-state index is 16.9. The van der Waals surface area contributed by atoms with Gasteiger partial charge in [-0.05, 0) is 74.2 Å². The molecule has 4 saturated heterocycles. The summed E-state index contributed by atoms with van der Waals surface area (Å²) in [6.07, 6.45) is 5.37. The number of phenols is 1. The number of aromatic hydroxyl groups is 1. The molecule has 4 aliphatic heterocycles. The topological polar surface area (TPSA) is 130 Å². The number of esters is 1. The van der Waals surface area contributed by atoms with E-state index in [0.29, 0.717) is 42.8 Å². The number of amides is 1. The van der Waals surface area contributed by atoms with Crippen molar-refractivity contribution in [1.29, 1.82) is 0 Å². The van der Waals surface area contributed by atoms with Gasteiger partial charge in [-0.2, -0.15) is 9.97 Å². The molecule has 5 atom stereocenters. The summed E-state index contributed by atoms with van der Waals surface area (Å²) in [5.41, 5.74) is 2.19. The number of aryl methyl sites for hydroxylation is 1. The fraction of sp³-hybridized carbons (Fsp3) is 0.571. The molecule has 1 unspecified atom stereocenters. The first-order valence-electron chi connectivity index (χ1n) is 17.2. The van der Waals surface area contributed by atoms with E-state index in [0.717, 1.165) is 56.2 Å². The number of pyridine rings is 1. The molecule has 260 valence electrons. The Bertz CT molecular complexity index is 1820. The Labute approximate surface area is 282 Å². The maximum atomic E-state index is 16.9. The summed E-state index contributed by atoms with van der Waals surface area (Å²) in [4.78, 5) is 44.0. The highest BCUT2D eigenvalue weighted by Gasteiger charge is 2.50. The molecule has 3 aromatic rings. The molecule has 1 aliphatic carbocycles. The van der Waals surface area contributed by atoms with E-state index >= 15 is 4.39 Å². The van der Waals surface area contributed by atoms with Crippen LogP contribution in [0.1, 0.15) is 69.4 Å². The van der Waals surface area contributed by atoms with Crippen molar-refractivity contribution in [2.24, 2.45) is 0 Å². The Hall–Kier alpha value is -4.33. The average molecular weight is 679 g/mol. The molecule has 0 spiro atoms. The Kier molecular flexibility index (Phi) is 7.96. The fourth-order valence-corrected chi connectivity index (χ4v) is 8.97. The highest BCUT2D eigenvalue weighted by atomic mass is 19.1. The highest BCUT2D eigenvalue weighted by Crippen LogP contribution is 2.44. The minimum Gasteiger partial charge on any atom is -0.508 e. The van der Waals surface area contributed by atoms with E-state index in [1.54, 1.807) is 23.2 Å². The van der Waals surface area contributed by atoms with Crippen LogP contribution in [-0.2, 0) is 20.7 Å². The molecule has 49 heavy (non-hydrogen) atoms. The van der Waals surface area contributed by atoms with Crippen LogP contribution in [0, 0.1) is 5.82 Å². The molecule has 1 amide bonds. The highest BCUT2D eigenvalue weighted by molar-refractivity contribution is 5.92. The molecule has 1 N–H and O–H groups in total. The summed E-state index contributed by atoms with van der Waals surface area (Å²) in [5.74, 6) is -0.515. The third-order valence-corrected chi connectivity index (χ3v) is 11.2. The number of halogens is 2. The second-order valence-electron chi connectivity index (χ2n) is 14.2. The van der Waals surface area contributed by atoms with Gasteiger partial charge in [-0.1, -0.05) is 6.92 Å². The second-order valence-corrected chi connectivity index (χ2v) is 14.2. The lowest BCUT2D eigenvalue weighted by molar-refractivity contribution is -0.149. The number of carbonyl (C=O) groups excluding carboxylic acids is 2. The van der Waals surface area contributed by atoms with E-state index < -0.39 is 36.4 Å². The zero-order valence-corrected chi connectivity index (χ0v) is 27.7. The lowest BCUT2D eigenvalue weighted by Gasteiger charge is -2.41. The third kappa shape index (κ3) is 5.57. The summed E-state index contributed by atoms with van der Waals surface area (Å²) in [5, 5.41) is 10.9. The maximum Gasteiger partial charge on any atom is 0.413 e. The third-order valence-electron chi connectivity index (χ3n) is 11.2. The van der Waals surface area contributed by atoms with Crippen LogP contribution in [0.15, 0.2) is 18.3 Å². The zero-order valence-electron chi connectivity index (χ0n) is 27.7. The molecule has 5 aliphatic rings. The molecule has 4 fully saturated rings. The van der Waals surface area contributed by atoms with Gasteiger partial charge in [0.1, 0.15) is 35.6 Å². The van der Waals surface area contributed by atoms with Crippen molar-refractivity contribution in [3.8, 4) is 23.0 Å². The molecule has 0 radical (unpaired) electrons. The number of anilines is 1. The molecule has 2 bridgehead atoms. The number of nitrogens with zero attached hydrogens (tertiary/aromatic N) is 6. The number of ether oxygens (including phenoxy) is 3. The van der Waals surface area contributed by atoms with Crippen LogP contribution in [0.3, 0.4) is 0 Å². The van der Waals surface area contributed by atoms with E-state index in [1.165, 1.54) is 6.92 Å². The predicted molar refractivity (Wildman–Crippen MR) is 174 cm³/mol. The van der Waals surface area contributed by atoms with Crippen LogP contribution in [0.5, 0.6) is 11.8 Å². The SMILES string of the molecule is CC(=O)OCOC(=O)N1[C@@H]2CC[C@H]1CN(c1nc(OC[C@@]34CCCN3C[C@H](F)C4)nc3c(F)c(-c4cc(O)cc5c4C(C)CC5)ncc13)C2. The second kappa shape index (κ2) is 12.2. The molecular formula is C35H40F2N6O6. The standard InChI is InChI=1S/C35H40F2N6O6/c1-19-4-5-21-10-25(45)11-26(28(19)21)30-29(37)31-27(13-38-30)32(40-33(39-31)47-17-35-8-3-9-42(35)14-22(36)12-35)41-15-23-6-7-24(16-41)43(23)34(46)49-18-48-20(2)44/h10-11,13,19,22-24,45H,3-9,12,14-18H2,1-2H3/t19?,22-,23-,24+,35+/m1/s1. The van der Waals surface area contributed by atoms with Gasteiger partial charge >= 0.3 is 18.1 Å². The summed E-state index contributed by atoms with van der Waals surface area (Å²) in [6.45, 7) is 5.03. The van der Waals surface area contributed by atoms with Crippen LogP contribution in [0.4, 0.5) is 19.4 Å². The van der Waals surface area contributed by atoms with Crippen molar-refractivity contribution in [2.45, 2.75) is 88.5 Å². The molecule has 2 aromatic heterocycles. The van der Waals surface area contributed by atoms with Crippen LogP contribution in [0.2, 0.25) is 0 Å². The van der Waals surface area contributed by atoms with Gasteiger partial charge in [0.2, 0.25) is 6.79 Å². The number of fused-ring (bicyclic) bond motifs is 5. The van der Waals surface area contributed by atoms with Crippen LogP contribution in [0.25, 0.3) is 22.2 Å². The monoisotopic (exact) mass is 678 g/mol. The summed E-state index contributed by atoms with van der Waals surface area (Å²) in [7, 11) is 0. The fourth-order valence-electron chi connectivity index (χ4n) is 8.97. The first-order chi connectivity index (χ1) is 23.6. The summed E-state index contributed by atoms with van der Waals surface area (Å²) >= 11 is 0. The lowest BCUT2D eigenvalue weighted by atomic mass is 9.94. The zero-order chi connectivity index (χ0) is 34.0. The van der Waals surface area contributed by atoms with E-state index in [9.17, 15) is 19.1 Å². The number of rotatable bonds is 7. The van der Waals surface area contributed by atoms with Gasteiger partial charge in [0.25, 0.3) is 0 Å². The van der Waals surface area contributed by atoms with Gasteiger partial charge in [0, 0.05) is 44.7 Å². The normalized spacial score (nSPS) is 27.4. The number of hydrogen-bond acceptors (Lipinski definition) is 11. The average Bonchev–Trinajstić information content (AvgIpc) is 3.79. The number of hydrogen-bond donors (Lipinski definition) is 1. The quantitative estimate of drug-likeness (QED) is 0.272. The first kappa shape index (κ1) is 31.9. The number of benzene rings is 1. The van der Waals surface area contributed by atoms with Crippen molar-refractivity contribution in [3.63, 3.8) is 0 Å². The largest absolute Gasteiger partial charge is 0.508 e. The van der Waals surface area contributed by atoms with Crippen LogP contribution in [-0.4, -0.2) is 105 Å². The molecule has 8 rings (SSSR count). The number of carbonyl (C=O) groups is 2. The molecule has 6 heterocycles. The molecule has 1 aromatic carbocycles. The van der Waals surface area contributed by atoms with Gasteiger partial charge in [-0.25, -0.2) is 13.6 Å². The van der Waals surface area contributed by atoms with Crippen molar-refractivity contribution < 1.29 is 37.7 Å². The van der Waals surface area contributed by atoms with Gasteiger partial charge in [-0.15, -0.1) is 0 Å².